The van der Waals surface area contributed by atoms with E-state index in [1.165, 1.54) is 0 Å². The number of β-amino-alcohol motifs (C(OH)–C–C–N with tert-alkyl or cyclic N) is 1. The highest BCUT2D eigenvalue weighted by Gasteiger charge is 2.16. The first-order valence-corrected chi connectivity index (χ1v) is 6.14. The van der Waals surface area contributed by atoms with Gasteiger partial charge in [-0.15, -0.1) is 0 Å². The minimum atomic E-state index is -0.522. The van der Waals surface area contributed by atoms with E-state index in [4.69, 9.17) is 4.74 Å². The summed E-state index contributed by atoms with van der Waals surface area (Å²) in [4.78, 5) is 6.38. The standard InChI is InChI=1S/C11H15BrN2O2/c12-9-1-2-10(13-7-9)11(15)8-14-3-5-16-6-4-14/h1-2,7,11,15H,3-6,8H2. The maximum atomic E-state index is 10.0. The molecule has 0 aliphatic carbocycles. The summed E-state index contributed by atoms with van der Waals surface area (Å²) < 4.78 is 6.18. The number of ether oxygens (including phenoxy) is 1. The smallest absolute Gasteiger partial charge is 0.109 e. The fourth-order valence-corrected chi connectivity index (χ4v) is 1.94. The van der Waals surface area contributed by atoms with Crippen molar-refractivity contribution in [3.05, 3.63) is 28.5 Å². The van der Waals surface area contributed by atoms with E-state index in [-0.39, 0.29) is 0 Å². The van der Waals surface area contributed by atoms with Gasteiger partial charge in [0.05, 0.1) is 18.9 Å². The first-order chi connectivity index (χ1) is 7.75. The van der Waals surface area contributed by atoms with Crippen LogP contribution in [0.25, 0.3) is 0 Å². The van der Waals surface area contributed by atoms with E-state index in [0.29, 0.717) is 6.54 Å². The summed E-state index contributed by atoms with van der Waals surface area (Å²) in [7, 11) is 0. The van der Waals surface area contributed by atoms with Crippen molar-refractivity contribution >= 4 is 15.9 Å². The molecule has 88 valence electrons. The Kier molecular flexibility index (Phi) is 4.29. The Labute approximate surface area is 103 Å². The van der Waals surface area contributed by atoms with Crippen LogP contribution in [0.4, 0.5) is 0 Å². The number of morpholine rings is 1. The Morgan fingerprint density at radius 1 is 1.44 bits per heavy atom. The molecule has 1 aromatic rings. The summed E-state index contributed by atoms with van der Waals surface area (Å²) >= 11 is 3.32. The maximum Gasteiger partial charge on any atom is 0.109 e. The van der Waals surface area contributed by atoms with Gasteiger partial charge in [0.1, 0.15) is 6.10 Å². The van der Waals surface area contributed by atoms with Crippen LogP contribution >= 0.6 is 15.9 Å². The number of hydrogen-bond acceptors (Lipinski definition) is 4. The second kappa shape index (κ2) is 5.72. The van der Waals surface area contributed by atoms with Crippen LogP contribution in [0, 0.1) is 0 Å². The molecule has 5 heteroatoms. The van der Waals surface area contributed by atoms with Gasteiger partial charge in [0.15, 0.2) is 0 Å². The highest BCUT2D eigenvalue weighted by Crippen LogP contribution is 2.15. The lowest BCUT2D eigenvalue weighted by Crippen LogP contribution is -2.38. The SMILES string of the molecule is OC(CN1CCOCC1)c1ccc(Br)cn1. The second-order valence-corrected chi connectivity index (χ2v) is 4.75. The van der Waals surface area contributed by atoms with Crippen LogP contribution in [-0.4, -0.2) is 47.8 Å². The molecule has 4 nitrogen and oxygen atoms in total. The van der Waals surface area contributed by atoms with Gasteiger partial charge in [-0.05, 0) is 28.1 Å². The summed E-state index contributed by atoms with van der Waals surface area (Å²) in [6, 6.07) is 3.74. The topological polar surface area (TPSA) is 45.6 Å². The summed E-state index contributed by atoms with van der Waals surface area (Å²) in [6.07, 6.45) is 1.18. The Morgan fingerprint density at radius 3 is 2.81 bits per heavy atom. The Balaban J connectivity index is 1.91. The molecule has 0 radical (unpaired) electrons. The zero-order valence-electron chi connectivity index (χ0n) is 8.97. The average molecular weight is 287 g/mol. The summed E-state index contributed by atoms with van der Waals surface area (Å²) in [5, 5.41) is 10.0. The van der Waals surface area contributed by atoms with Crippen molar-refractivity contribution in [2.24, 2.45) is 0 Å². The number of halogens is 1. The number of aromatic nitrogens is 1. The second-order valence-electron chi connectivity index (χ2n) is 3.83. The Hall–Kier alpha value is -0.490. The quantitative estimate of drug-likeness (QED) is 0.907. The van der Waals surface area contributed by atoms with Gasteiger partial charge in [-0.25, -0.2) is 0 Å². The molecule has 1 aliphatic heterocycles. The molecule has 1 fully saturated rings. The molecule has 0 amide bonds. The number of aliphatic hydroxyl groups is 1. The molecule has 1 N–H and O–H groups in total. The molecule has 0 aromatic carbocycles. The third-order valence-electron chi connectivity index (χ3n) is 2.63. The fraction of sp³-hybridized carbons (Fsp3) is 0.545. The van der Waals surface area contributed by atoms with Gasteiger partial charge in [0.2, 0.25) is 0 Å². The first-order valence-electron chi connectivity index (χ1n) is 5.35. The zero-order chi connectivity index (χ0) is 11.4. The summed E-state index contributed by atoms with van der Waals surface area (Å²) in [5.74, 6) is 0. The third-order valence-corrected chi connectivity index (χ3v) is 3.10. The molecule has 0 spiro atoms. The van der Waals surface area contributed by atoms with Crippen molar-refractivity contribution in [2.75, 3.05) is 32.8 Å². The van der Waals surface area contributed by atoms with Gasteiger partial charge in [-0.3, -0.25) is 9.88 Å². The number of hydrogen-bond donors (Lipinski definition) is 1. The molecule has 2 rings (SSSR count). The van der Waals surface area contributed by atoms with Crippen LogP contribution in [0.2, 0.25) is 0 Å². The highest BCUT2D eigenvalue weighted by atomic mass is 79.9. The van der Waals surface area contributed by atoms with Gasteiger partial charge in [-0.1, -0.05) is 0 Å². The van der Waals surface area contributed by atoms with Crippen LogP contribution < -0.4 is 0 Å². The van der Waals surface area contributed by atoms with E-state index in [0.717, 1.165) is 36.5 Å². The molecule has 16 heavy (non-hydrogen) atoms. The first kappa shape index (κ1) is 12.0. The van der Waals surface area contributed by atoms with E-state index in [1.54, 1.807) is 6.20 Å². The average Bonchev–Trinajstić information content (AvgIpc) is 2.31. The zero-order valence-corrected chi connectivity index (χ0v) is 10.6. The lowest BCUT2D eigenvalue weighted by atomic mass is 10.2. The monoisotopic (exact) mass is 286 g/mol. The van der Waals surface area contributed by atoms with E-state index in [1.807, 2.05) is 12.1 Å². The van der Waals surface area contributed by atoms with Gasteiger partial charge in [0.25, 0.3) is 0 Å². The Morgan fingerprint density at radius 2 is 2.19 bits per heavy atom. The maximum absolute atomic E-state index is 10.0. The fourth-order valence-electron chi connectivity index (χ4n) is 1.71. The largest absolute Gasteiger partial charge is 0.385 e. The van der Waals surface area contributed by atoms with Gasteiger partial charge >= 0.3 is 0 Å². The van der Waals surface area contributed by atoms with Crippen LogP contribution in [0.15, 0.2) is 22.8 Å². The van der Waals surface area contributed by atoms with Crippen molar-refractivity contribution in [2.45, 2.75) is 6.10 Å². The van der Waals surface area contributed by atoms with Crippen molar-refractivity contribution in [1.29, 1.82) is 0 Å². The number of pyridine rings is 1. The van der Waals surface area contributed by atoms with Gasteiger partial charge in [-0.2, -0.15) is 0 Å². The minimum absolute atomic E-state index is 0.522. The van der Waals surface area contributed by atoms with Gasteiger partial charge < -0.3 is 9.84 Å². The third kappa shape index (κ3) is 3.25. The molecule has 0 bridgehead atoms. The van der Waals surface area contributed by atoms with Crippen LogP contribution in [0.1, 0.15) is 11.8 Å². The van der Waals surface area contributed by atoms with Crippen LogP contribution in [0.5, 0.6) is 0 Å². The molecule has 0 saturated carbocycles. The minimum Gasteiger partial charge on any atom is -0.385 e. The number of aliphatic hydroxyl groups excluding tert-OH is 1. The predicted molar refractivity (Wildman–Crippen MR) is 64.2 cm³/mol. The van der Waals surface area contributed by atoms with Crippen molar-refractivity contribution in [3.63, 3.8) is 0 Å². The summed E-state index contributed by atoms with van der Waals surface area (Å²) in [6.45, 7) is 3.89. The van der Waals surface area contributed by atoms with Crippen molar-refractivity contribution in [3.8, 4) is 0 Å². The molecule has 1 unspecified atom stereocenters. The van der Waals surface area contributed by atoms with E-state index < -0.39 is 6.10 Å². The predicted octanol–water partition coefficient (Wildman–Crippen LogP) is 1.21. The van der Waals surface area contributed by atoms with Crippen molar-refractivity contribution in [1.82, 2.24) is 9.88 Å². The van der Waals surface area contributed by atoms with Crippen LogP contribution in [0.3, 0.4) is 0 Å². The molecule has 1 aliphatic rings. The van der Waals surface area contributed by atoms with Crippen molar-refractivity contribution < 1.29 is 9.84 Å². The highest BCUT2D eigenvalue weighted by molar-refractivity contribution is 9.10. The number of rotatable bonds is 3. The van der Waals surface area contributed by atoms with E-state index >= 15 is 0 Å². The summed E-state index contributed by atoms with van der Waals surface area (Å²) in [5.41, 5.74) is 0.717. The molecule has 1 atom stereocenters. The normalized spacial score (nSPS) is 19.6. The van der Waals surface area contributed by atoms with Crippen LogP contribution in [-0.2, 0) is 4.74 Å². The molecule has 1 aromatic heterocycles. The lowest BCUT2D eigenvalue weighted by Gasteiger charge is -2.28. The Bertz CT molecular complexity index is 325. The van der Waals surface area contributed by atoms with E-state index in [2.05, 4.69) is 25.8 Å². The molecule has 1 saturated heterocycles. The molecule has 2 heterocycles. The molecular weight excluding hydrogens is 272 g/mol. The van der Waals surface area contributed by atoms with E-state index in [9.17, 15) is 5.11 Å². The molecular formula is C11H15BrN2O2. The lowest BCUT2D eigenvalue weighted by molar-refractivity contribution is 0.0135. The number of nitrogens with zero attached hydrogens (tertiary/aromatic N) is 2. The van der Waals surface area contributed by atoms with Gasteiger partial charge in [0, 0.05) is 30.3 Å².